The second-order valence-corrected chi connectivity index (χ2v) is 5.33. The zero-order chi connectivity index (χ0) is 14.4. The van der Waals surface area contributed by atoms with Crippen LogP contribution in [0.25, 0.3) is 0 Å². The number of benzene rings is 1. The Balaban J connectivity index is 2.22. The van der Waals surface area contributed by atoms with E-state index < -0.39 is 0 Å². The van der Waals surface area contributed by atoms with Gasteiger partial charge >= 0.3 is 0 Å². The van der Waals surface area contributed by atoms with E-state index in [4.69, 9.17) is 14.2 Å². The van der Waals surface area contributed by atoms with E-state index in [1.807, 2.05) is 6.07 Å². The van der Waals surface area contributed by atoms with Gasteiger partial charge in [-0.1, -0.05) is 0 Å². The first kappa shape index (κ1) is 15.1. The summed E-state index contributed by atoms with van der Waals surface area (Å²) in [5, 5.41) is 3.46. The number of rotatable bonds is 6. The number of nitrogens with one attached hydrogen (secondary N) is 1. The van der Waals surface area contributed by atoms with E-state index in [2.05, 4.69) is 11.4 Å². The molecule has 4 heteroatoms. The summed E-state index contributed by atoms with van der Waals surface area (Å²) in [6.45, 7) is 2.79. The monoisotopic (exact) mass is 279 g/mol. The summed E-state index contributed by atoms with van der Waals surface area (Å²) in [5.41, 5.74) is 2.32. The topological polar surface area (TPSA) is 39.7 Å². The summed E-state index contributed by atoms with van der Waals surface area (Å²) >= 11 is 0. The van der Waals surface area contributed by atoms with Gasteiger partial charge in [0, 0.05) is 18.7 Å². The summed E-state index contributed by atoms with van der Waals surface area (Å²) < 4.78 is 16.2. The minimum Gasteiger partial charge on any atom is -0.496 e. The first-order valence-corrected chi connectivity index (χ1v) is 7.22. The van der Waals surface area contributed by atoms with Crippen LogP contribution in [0.1, 0.15) is 24.0 Å². The number of methoxy groups -OCH3 is 3. The minimum absolute atomic E-state index is 0.559. The lowest BCUT2D eigenvalue weighted by atomic mass is 9.91. The lowest BCUT2D eigenvalue weighted by molar-refractivity contribution is 0.181. The second kappa shape index (κ2) is 7.50. The van der Waals surface area contributed by atoms with Crippen LogP contribution in [0.5, 0.6) is 11.5 Å². The average molecular weight is 279 g/mol. The van der Waals surface area contributed by atoms with E-state index in [9.17, 15) is 0 Å². The van der Waals surface area contributed by atoms with Crippen molar-refractivity contribution in [2.24, 2.45) is 5.92 Å². The van der Waals surface area contributed by atoms with Crippen LogP contribution in [0.2, 0.25) is 0 Å². The van der Waals surface area contributed by atoms with E-state index in [0.717, 1.165) is 36.6 Å². The molecule has 1 heterocycles. The molecule has 0 saturated carbocycles. The Morgan fingerprint density at radius 1 is 1.10 bits per heavy atom. The molecule has 1 fully saturated rings. The van der Waals surface area contributed by atoms with Crippen LogP contribution in [0.3, 0.4) is 0 Å². The maximum absolute atomic E-state index is 5.52. The molecule has 0 aliphatic carbocycles. The number of hydrogen-bond acceptors (Lipinski definition) is 4. The maximum Gasteiger partial charge on any atom is 0.128 e. The molecular formula is C16H25NO3. The first-order chi connectivity index (χ1) is 9.78. The van der Waals surface area contributed by atoms with Crippen molar-refractivity contribution in [3.8, 4) is 11.5 Å². The van der Waals surface area contributed by atoms with E-state index in [-0.39, 0.29) is 0 Å². The largest absolute Gasteiger partial charge is 0.496 e. The van der Waals surface area contributed by atoms with Crippen molar-refractivity contribution in [2.45, 2.75) is 25.9 Å². The molecular weight excluding hydrogens is 254 g/mol. The Labute approximate surface area is 121 Å². The highest BCUT2D eigenvalue weighted by molar-refractivity contribution is 5.46. The molecule has 0 aromatic heterocycles. The molecule has 1 saturated heterocycles. The van der Waals surface area contributed by atoms with Crippen molar-refractivity contribution in [2.75, 3.05) is 34.4 Å². The summed E-state index contributed by atoms with van der Waals surface area (Å²) in [6, 6.07) is 4.13. The van der Waals surface area contributed by atoms with Crippen LogP contribution in [-0.2, 0) is 17.8 Å². The van der Waals surface area contributed by atoms with Crippen LogP contribution in [0.15, 0.2) is 12.1 Å². The van der Waals surface area contributed by atoms with Gasteiger partial charge in [0.25, 0.3) is 0 Å². The molecule has 1 N–H and O–H groups in total. The normalized spacial score (nSPS) is 18.9. The van der Waals surface area contributed by atoms with Crippen LogP contribution >= 0.6 is 0 Å². The van der Waals surface area contributed by atoms with Gasteiger partial charge in [-0.15, -0.1) is 0 Å². The Morgan fingerprint density at radius 2 is 1.85 bits per heavy atom. The molecule has 1 atom stereocenters. The summed E-state index contributed by atoms with van der Waals surface area (Å²) in [7, 11) is 5.10. The quantitative estimate of drug-likeness (QED) is 0.868. The Morgan fingerprint density at radius 3 is 2.45 bits per heavy atom. The van der Waals surface area contributed by atoms with Gasteiger partial charge in [0.2, 0.25) is 0 Å². The molecule has 0 spiro atoms. The van der Waals surface area contributed by atoms with Crippen molar-refractivity contribution in [3.05, 3.63) is 23.3 Å². The van der Waals surface area contributed by atoms with E-state index in [1.54, 1.807) is 21.3 Å². The highest BCUT2D eigenvalue weighted by Crippen LogP contribution is 2.32. The maximum atomic E-state index is 5.52. The van der Waals surface area contributed by atoms with Crippen molar-refractivity contribution in [3.63, 3.8) is 0 Å². The highest BCUT2D eigenvalue weighted by atomic mass is 16.5. The van der Waals surface area contributed by atoms with Crippen molar-refractivity contribution in [1.29, 1.82) is 0 Å². The molecule has 1 aromatic rings. The molecule has 1 aromatic carbocycles. The molecule has 0 radical (unpaired) electrons. The fourth-order valence-electron chi connectivity index (χ4n) is 2.87. The number of piperidine rings is 1. The predicted molar refractivity (Wildman–Crippen MR) is 79.6 cm³/mol. The third-order valence-electron chi connectivity index (χ3n) is 3.89. The van der Waals surface area contributed by atoms with Gasteiger partial charge in [-0.05, 0) is 49.9 Å². The van der Waals surface area contributed by atoms with E-state index in [0.29, 0.717) is 12.5 Å². The SMILES string of the molecule is COCc1cc(CC2CCCNC2)c(OC)cc1OC. The zero-order valence-corrected chi connectivity index (χ0v) is 12.7. The van der Waals surface area contributed by atoms with Gasteiger partial charge in [-0.2, -0.15) is 0 Å². The Bertz CT molecular complexity index is 428. The Hall–Kier alpha value is -1.26. The van der Waals surface area contributed by atoms with Crippen molar-refractivity contribution >= 4 is 0 Å². The summed E-state index contributed by atoms with van der Waals surface area (Å²) in [5.74, 6) is 2.42. The smallest absolute Gasteiger partial charge is 0.128 e. The molecule has 1 aliphatic rings. The fraction of sp³-hybridized carbons (Fsp3) is 0.625. The van der Waals surface area contributed by atoms with E-state index >= 15 is 0 Å². The molecule has 0 bridgehead atoms. The number of hydrogen-bond donors (Lipinski definition) is 1. The van der Waals surface area contributed by atoms with E-state index in [1.165, 1.54) is 18.4 Å². The average Bonchev–Trinajstić information content (AvgIpc) is 2.49. The van der Waals surface area contributed by atoms with Gasteiger partial charge in [-0.25, -0.2) is 0 Å². The highest BCUT2D eigenvalue weighted by Gasteiger charge is 2.18. The van der Waals surface area contributed by atoms with Gasteiger partial charge < -0.3 is 19.5 Å². The zero-order valence-electron chi connectivity index (χ0n) is 12.7. The fourth-order valence-corrected chi connectivity index (χ4v) is 2.87. The summed E-state index contributed by atoms with van der Waals surface area (Å²) in [4.78, 5) is 0. The first-order valence-electron chi connectivity index (χ1n) is 7.22. The van der Waals surface area contributed by atoms with Gasteiger partial charge in [-0.3, -0.25) is 0 Å². The third-order valence-corrected chi connectivity index (χ3v) is 3.89. The van der Waals surface area contributed by atoms with Gasteiger partial charge in [0.15, 0.2) is 0 Å². The molecule has 20 heavy (non-hydrogen) atoms. The molecule has 0 amide bonds. The predicted octanol–water partition coefficient (Wildman–Crippen LogP) is 2.39. The Kier molecular flexibility index (Phi) is 5.68. The third kappa shape index (κ3) is 3.64. The molecule has 112 valence electrons. The second-order valence-electron chi connectivity index (χ2n) is 5.33. The molecule has 2 rings (SSSR count). The minimum atomic E-state index is 0.559. The molecule has 4 nitrogen and oxygen atoms in total. The van der Waals surface area contributed by atoms with Crippen LogP contribution in [0, 0.1) is 5.92 Å². The standard InChI is InChI=1S/C16H25NO3/c1-18-11-14-8-13(7-12-5-4-6-17-10-12)15(19-2)9-16(14)20-3/h8-9,12,17H,4-7,10-11H2,1-3H3. The molecule has 1 aliphatic heterocycles. The van der Waals surface area contributed by atoms with Crippen LogP contribution in [-0.4, -0.2) is 34.4 Å². The number of ether oxygens (including phenoxy) is 3. The lowest BCUT2D eigenvalue weighted by Crippen LogP contribution is -2.30. The lowest BCUT2D eigenvalue weighted by Gasteiger charge is -2.24. The molecule has 1 unspecified atom stereocenters. The van der Waals surface area contributed by atoms with Crippen molar-refractivity contribution in [1.82, 2.24) is 5.32 Å². The van der Waals surface area contributed by atoms with Crippen molar-refractivity contribution < 1.29 is 14.2 Å². The summed E-state index contributed by atoms with van der Waals surface area (Å²) in [6.07, 6.45) is 3.58. The van der Waals surface area contributed by atoms with Crippen LogP contribution in [0.4, 0.5) is 0 Å². The van der Waals surface area contributed by atoms with Crippen LogP contribution < -0.4 is 14.8 Å². The van der Waals surface area contributed by atoms with Gasteiger partial charge in [0.05, 0.1) is 20.8 Å². The van der Waals surface area contributed by atoms with Gasteiger partial charge in [0.1, 0.15) is 11.5 Å².